The molecule has 0 radical (unpaired) electrons. The highest BCUT2D eigenvalue weighted by Gasteiger charge is 2.21. The van der Waals surface area contributed by atoms with Gasteiger partial charge in [0.15, 0.2) is 11.5 Å². The minimum atomic E-state index is -0.251. The van der Waals surface area contributed by atoms with Crippen molar-refractivity contribution in [1.82, 2.24) is 0 Å². The topological polar surface area (TPSA) is 70.8 Å². The molecule has 0 amide bonds. The zero-order valence-electron chi connectivity index (χ0n) is 12.7. The lowest BCUT2D eigenvalue weighted by Crippen LogP contribution is -2.18. The Morgan fingerprint density at radius 2 is 1.76 bits per heavy atom. The maximum Gasteiger partial charge on any atom is 0.309 e. The van der Waals surface area contributed by atoms with Gasteiger partial charge < -0.3 is 19.9 Å². The number of ether oxygens (including phenoxy) is 3. The van der Waals surface area contributed by atoms with Crippen molar-refractivity contribution in [2.45, 2.75) is 39.2 Å². The molecule has 1 aliphatic carbocycles. The zero-order chi connectivity index (χ0) is 15.2. The molecule has 1 unspecified atom stereocenters. The fourth-order valence-corrected chi connectivity index (χ4v) is 2.52. The highest BCUT2D eigenvalue weighted by atomic mass is 16.5. The van der Waals surface area contributed by atoms with Crippen LogP contribution >= 0.6 is 0 Å². The minimum Gasteiger partial charge on any atom is -0.490 e. The number of fused-ring (bicyclic) bond motifs is 1. The fourth-order valence-electron chi connectivity index (χ4n) is 2.52. The van der Waals surface area contributed by atoms with E-state index in [2.05, 4.69) is 0 Å². The third-order valence-corrected chi connectivity index (χ3v) is 3.40. The number of benzene rings is 1. The summed E-state index contributed by atoms with van der Waals surface area (Å²) >= 11 is 0. The molecule has 2 N–H and O–H groups in total. The lowest BCUT2D eigenvalue weighted by atomic mass is 10.1. The van der Waals surface area contributed by atoms with E-state index in [1.165, 1.54) is 11.1 Å². The van der Waals surface area contributed by atoms with Crippen LogP contribution in [0.5, 0.6) is 11.5 Å². The van der Waals surface area contributed by atoms with Crippen LogP contribution in [0.15, 0.2) is 12.1 Å². The summed E-state index contributed by atoms with van der Waals surface area (Å²) in [4.78, 5) is 11.3. The van der Waals surface area contributed by atoms with Gasteiger partial charge in [-0.3, -0.25) is 4.79 Å². The Hall–Kier alpha value is -1.75. The molecule has 0 spiro atoms. The van der Waals surface area contributed by atoms with Crippen molar-refractivity contribution < 1.29 is 19.0 Å². The van der Waals surface area contributed by atoms with E-state index >= 15 is 0 Å². The number of carbonyl (C=O) groups excluding carboxylic acids is 1. The highest BCUT2D eigenvalue weighted by molar-refractivity contribution is 5.69. The molecule has 1 atom stereocenters. The van der Waals surface area contributed by atoms with Gasteiger partial charge in [-0.25, -0.2) is 0 Å². The Balaban J connectivity index is 2.03. The molecule has 1 aliphatic rings. The van der Waals surface area contributed by atoms with Gasteiger partial charge in [0.1, 0.15) is 0 Å². The van der Waals surface area contributed by atoms with Crippen LogP contribution in [0.1, 0.15) is 31.4 Å². The predicted molar refractivity (Wildman–Crippen MR) is 79.7 cm³/mol. The summed E-state index contributed by atoms with van der Waals surface area (Å²) in [5, 5.41) is 0. The summed E-state index contributed by atoms with van der Waals surface area (Å²) in [7, 11) is 0. The molecule has 116 valence electrons. The number of esters is 1. The molecule has 1 aromatic rings. The van der Waals surface area contributed by atoms with E-state index in [1.54, 1.807) is 6.92 Å². The molecule has 2 rings (SSSR count). The van der Waals surface area contributed by atoms with Crippen molar-refractivity contribution in [2.24, 2.45) is 5.73 Å². The van der Waals surface area contributed by atoms with Crippen molar-refractivity contribution in [1.29, 1.82) is 0 Å². The predicted octanol–water partition coefficient (Wildman–Crippen LogP) is 1.84. The third kappa shape index (κ3) is 4.11. The Bertz CT molecular complexity index is 501. The summed E-state index contributed by atoms with van der Waals surface area (Å²) in [6, 6.07) is 4.16. The van der Waals surface area contributed by atoms with Gasteiger partial charge in [0.2, 0.25) is 0 Å². The molecule has 21 heavy (non-hydrogen) atoms. The van der Waals surface area contributed by atoms with Gasteiger partial charge in [0, 0.05) is 6.04 Å². The maximum absolute atomic E-state index is 11.3. The lowest BCUT2D eigenvalue weighted by Gasteiger charge is -2.14. The molecule has 1 aromatic carbocycles. The van der Waals surface area contributed by atoms with E-state index < -0.39 is 0 Å². The first-order valence-electron chi connectivity index (χ1n) is 7.46. The fraction of sp³-hybridized carbons (Fsp3) is 0.562. The molecule has 0 saturated carbocycles. The second-order valence-corrected chi connectivity index (χ2v) is 5.07. The van der Waals surface area contributed by atoms with Crippen LogP contribution < -0.4 is 15.2 Å². The van der Waals surface area contributed by atoms with E-state index in [0.717, 1.165) is 12.8 Å². The number of rotatable bonds is 7. The Labute approximate surface area is 125 Å². The zero-order valence-corrected chi connectivity index (χ0v) is 12.7. The van der Waals surface area contributed by atoms with E-state index in [0.29, 0.717) is 24.7 Å². The van der Waals surface area contributed by atoms with Gasteiger partial charge in [0.25, 0.3) is 0 Å². The Kier molecular flexibility index (Phi) is 5.44. The molecule has 0 bridgehead atoms. The van der Waals surface area contributed by atoms with Crippen molar-refractivity contribution in [2.75, 3.05) is 19.8 Å². The quantitative estimate of drug-likeness (QED) is 0.777. The number of hydrogen-bond acceptors (Lipinski definition) is 5. The molecule has 0 heterocycles. The van der Waals surface area contributed by atoms with Crippen LogP contribution in [0.25, 0.3) is 0 Å². The maximum atomic E-state index is 11.3. The van der Waals surface area contributed by atoms with Gasteiger partial charge in [-0.15, -0.1) is 0 Å². The number of hydrogen-bond donors (Lipinski definition) is 1. The van der Waals surface area contributed by atoms with E-state index in [4.69, 9.17) is 19.9 Å². The lowest BCUT2D eigenvalue weighted by molar-refractivity contribution is -0.143. The molecular weight excluding hydrogens is 270 g/mol. The third-order valence-electron chi connectivity index (χ3n) is 3.40. The van der Waals surface area contributed by atoms with E-state index in [-0.39, 0.29) is 25.0 Å². The Morgan fingerprint density at radius 1 is 1.14 bits per heavy atom. The molecule has 5 nitrogen and oxygen atoms in total. The van der Waals surface area contributed by atoms with Gasteiger partial charge in [0.05, 0.1) is 26.2 Å². The van der Waals surface area contributed by atoms with Crippen LogP contribution in [0.3, 0.4) is 0 Å². The van der Waals surface area contributed by atoms with Crippen LogP contribution in [0.2, 0.25) is 0 Å². The van der Waals surface area contributed by atoms with Gasteiger partial charge in [-0.05, 0) is 49.9 Å². The first-order valence-corrected chi connectivity index (χ1v) is 7.46. The molecule has 0 fully saturated rings. The van der Waals surface area contributed by atoms with Gasteiger partial charge in [-0.1, -0.05) is 0 Å². The van der Waals surface area contributed by atoms with Crippen molar-refractivity contribution in [3.05, 3.63) is 23.3 Å². The van der Waals surface area contributed by atoms with Gasteiger partial charge in [-0.2, -0.15) is 0 Å². The largest absolute Gasteiger partial charge is 0.490 e. The average Bonchev–Trinajstić information content (AvgIpc) is 2.78. The first kappa shape index (κ1) is 15.6. The van der Waals surface area contributed by atoms with E-state index in [1.807, 2.05) is 19.1 Å². The van der Waals surface area contributed by atoms with Crippen LogP contribution in [0, 0.1) is 0 Å². The Morgan fingerprint density at radius 3 is 2.33 bits per heavy atom. The van der Waals surface area contributed by atoms with Crippen molar-refractivity contribution >= 4 is 5.97 Å². The normalized spacial score (nSPS) is 16.4. The highest BCUT2D eigenvalue weighted by Crippen LogP contribution is 2.35. The summed E-state index contributed by atoms with van der Waals surface area (Å²) in [6.07, 6.45) is 1.96. The molecular formula is C16H23NO4. The van der Waals surface area contributed by atoms with E-state index in [9.17, 15) is 4.79 Å². The van der Waals surface area contributed by atoms with Crippen LogP contribution in [-0.2, 0) is 22.4 Å². The van der Waals surface area contributed by atoms with Crippen LogP contribution in [0.4, 0.5) is 0 Å². The monoisotopic (exact) mass is 293 g/mol. The van der Waals surface area contributed by atoms with Crippen LogP contribution in [-0.4, -0.2) is 31.8 Å². The molecule has 0 aliphatic heterocycles. The second-order valence-electron chi connectivity index (χ2n) is 5.07. The minimum absolute atomic E-state index is 0.171. The standard InChI is InChI=1S/C16H23NO4/c1-3-19-14-9-11-7-13(17)8-12(11)10-15(14)21-6-5-16(18)20-4-2/h9-10,13H,3-8,17H2,1-2H3. The SMILES string of the molecule is CCOC(=O)CCOc1cc2c(cc1OCC)CC(N)C2. The summed E-state index contributed by atoms with van der Waals surface area (Å²) in [5.41, 5.74) is 8.42. The molecule has 0 saturated heterocycles. The molecule has 0 aromatic heterocycles. The number of nitrogens with two attached hydrogens (primary N) is 1. The van der Waals surface area contributed by atoms with Gasteiger partial charge >= 0.3 is 5.97 Å². The smallest absolute Gasteiger partial charge is 0.309 e. The second kappa shape index (κ2) is 7.31. The summed E-state index contributed by atoms with van der Waals surface area (Å²) < 4.78 is 16.2. The summed E-state index contributed by atoms with van der Waals surface area (Å²) in [6.45, 7) is 4.96. The molecule has 5 heteroatoms. The summed E-state index contributed by atoms with van der Waals surface area (Å²) in [5.74, 6) is 1.14. The average molecular weight is 293 g/mol. The number of carbonyl (C=O) groups is 1. The first-order chi connectivity index (χ1) is 10.1. The van der Waals surface area contributed by atoms with Crippen molar-refractivity contribution in [3.63, 3.8) is 0 Å². The van der Waals surface area contributed by atoms with Crippen molar-refractivity contribution in [3.8, 4) is 11.5 Å².